The van der Waals surface area contributed by atoms with Crippen LogP contribution in [0.2, 0.25) is 5.02 Å². The Morgan fingerprint density at radius 1 is 1.45 bits per heavy atom. The molecule has 0 bridgehead atoms. The summed E-state index contributed by atoms with van der Waals surface area (Å²) in [4.78, 5) is 18.0. The van der Waals surface area contributed by atoms with Crippen molar-refractivity contribution in [2.45, 2.75) is 6.54 Å². The summed E-state index contributed by atoms with van der Waals surface area (Å²) in [6, 6.07) is 7.64. The number of rotatable bonds is 3. The molecule has 1 aromatic carbocycles. The van der Waals surface area contributed by atoms with Crippen LogP contribution >= 0.6 is 22.9 Å². The average molecular weight is 306 g/mol. The minimum Gasteiger partial charge on any atom is -0.338 e. The second-order valence-corrected chi connectivity index (χ2v) is 5.72. The molecular formula is C14H12ClN3OS. The molecule has 20 heavy (non-hydrogen) atoms. The zero-order valence-corrected chi connectivity index (χ0v) is 12.4. The Morgan fingerprint density at radius 3 is 3.05 bits per heavy atom. The molecule has 0 spiro atoms. The number of likely N-dealkylation sites (N-methyl/N-ethyl adjacent to an activating group) is 1. The van der Waals surface area contributed by atoms with Gasteiger partial charge in [0.15, 0.2) is 5.13 Å². The number of aromatic nitrogens is 2. The summed E-state index contributed by atoms with van der Waals surface area (Å²) in [5.74, 6) is -0.0163. The molecule has 4 nitrogen and oxygen atoms in total. The monoisotopic (exact) mass is 305 g/mol. The molecule has 0 fully saturated rings. The molecule has 0 saturated carbocycles. The molecule has 0 unspecified atom stereocenters. The van der Waals surface area contributed by atoms with Gasteiger partial charge in [0.1, 0.15) is 6.54 Å². The molecule has 0 aliphatic rings. The van der Waals surface area contributed by atoms with E-state index in [0.29, 0.717) is 10.2 Å². The van der Waals surface area contributed by atoms with E-state index in [1.54, 1.807) is 18.1 Å². The van der Waals surface area contributed by atoms with Crippen LogP contribution in [0.5, 0.6) is 0 Å². The largest absolute Gasteiger partial charge is 0.338 e. The van der Waals surface area contributed by atoms with Crippen molar-refractivity contribution < 1.29 is 4.79 Å². The van der Waals surface area contributed by atoms with Crippen molar-refractivity contribution in [3.8, 4) is 0 Å². The van der Waals surface area contributed by atoms with Crippen LogP contribution in [0.15, 0.2) is 42.0 Å². The van der Waals surface area contributed by atoms with Gasteiger partial charge < -0.3 is 4.57 Å². The Morgan fingerprint density at radius 2 is 2.30 bits per heavy atom. The van der Waals surface area contributed by atoms with Crippen molar-refractivity contribution in [1.29, 1.82) is 0 Å². The number of fused-ring (bicyclic) bond motifs is 1. The van der Waals surface area contributed by atoms with Crippen LogP contribution in [0.25, 0.3) is 10.9 Å². The Bertz CT molecular complexity index is 751. The van der Waals surface area contributed by atoms with Crippen LogP contribution in [0.3, 0.4) is 0 Å². The van der Waals surface area contributed by atoms with Crippen LogP contribution < -0.4 is 4.90 Å². The fourth-order valence-electron chi connectivity index (χ4n) is 2.03. The quantitative estimate of drug-likeness (QED) is 0.743. The fraction of sp³-hybridized carbons (Fsp3) is 0.143. The lowest BCUT2D eigenvalue weighted by Gasteiger charge is -2.14. The molecule has 3 aromatic rings. The van der Waals surface area contributed by atoms with Crippen LogP contribution in [0, 0.1) is 0 Å². The fourth-order valence-corrected chi connectivity index (χ4v) is 2.83. The van der Waals surface area contributed by atoms with E-state index in [1.165, 1.54) is 11.3 Å². The van der Waals surface area contributed by atoms with Gasteiger partial charge in [0.25, 0.3) is 0 Å². The first-order valence-corrected chi connectivity index (χ1v) is 7.31. The average Bonchev–Trinajstić information content (AvgIpc) is 3.08. The number of benzene rings is 1. The predicted octanol–water partition coefficient (Wildman–Crippen LogP) is 3.41. The van der Waals surface area contributed by atoms with Crippen molar-refractivity contribution in [3.05, 3.63) is 47.1 Å². The van der Waals surface area contributed by atoms with Crippen molar-refractivity contribution in [2.24, 2.45) is 0 Å². The highest BCUT2D eigenvalue weighted by atomic mass is 35.5. The summed E-state index contributed by atoms with van der Waals surface area (Å²) in [6.07, 6.45) is 3.59. The molecule has 2 aromatic heterocycles. The molecular weight excluding hydrogens is 294 g/mol. The maximum absolute atomic E-state index is 12.3. The number of anilines is 1. The van der Waals surface area contributed by atoms with E-state index in [4.69, 9.17) is 11.6 Å². The van der Waals surface area contributed by atoms with Crippen molar-refractivity contribution in [1.82, 2.24) is 9.55 Å². The van der Waals surface area contributed by atoms with Gasteiger partial charge in [0.05, 0.1) is 0 Å². The summed E-state index contributed by atoms with van der Waals surface area (Å²) >= 11 is 7.45. The Hall–Kier alpha value is -1.85. The highest BCUT2D eigenvalue weighted by Gasteiger charge is 2.14. The standard InChI is InChI=1S/C14H12ClN3OS/c1-17(14-16-5-7-20-14)13(19)9-18-6-4-10-2-3-11(15)8-12(10)18/h2-8H,9H2,1H3. The number of nitrogens with zero attached hydrogens (tertiary/aromatic N) is 3. The van der Waals surface area contributed by atoms with E-state index in [-0.39, 0.29) is 12.5 Å². The van der Waals surface area contributed by atoms with Crippen LogP contribution in [-0.2, 0) is 11.3 Å². The van der Waals surface area contributed by atoms with Gasteiger partial charge in [-0.1, -0.05) is 17.7 Å². The molecule has 0 atom stereocenters. The summed E-state index contributed by atoms with van der Waals surface area (Å²) in [6.45, 7) is 0.264. The number of carbonyl (C=O) groups is 1. The third-order valence-electron chi connectivity index (χ3n) is 3.12. The maximum atomic E-state index is 12.3. The van der Waals surface area contributed by atoms with Gasteiger partial charge in [-0.05, 0) is 23.6 Å². The van der Waals surface area contributed by atoms with Gasteiger partial charge in [-0.3, -0.25) is 9.69 Å². The van der Waals surface area contributed by atoms with Gasteiger partial charge in [-0.25, -0.2) is 4.98 Å². The van der Waals surface area contributed by atoms with E-state index in [9.17, 15) is 4.79 Å². The minimum absolute atomic E-state index is 0.0163. The number of amides is 1. The summed E-state index contributed by atoms with van der Waals surface area (Å²) in [7, 11) is 1.74. The van der Waals surface area contributed by atoms with Gasteiger partial charge in [-0.2, -0.15) is 0 Å². The highest BCUT2D eigenvalue weighted by molar-refractivity contribution is 7.13. The predicted molar refractivity (Wildman–Crippen MR) is 82.5 cm³/mol. The first-order valence-electron chi connectivity index (χ1n) is 6.05. The van der Waals surface area contributed by atoms with E-state index in [1.807, 2.05) is 40.4 Å². The second-order valence-electron chi connectivity index (χ2n) is 4.41. The summed E-state index contributed by atoms with van der Waals surface area (Å²) in [5.41, 5.74) is 0.957. The molecule has 102 valence electrons. The van der Waals surface area contributed by atoms with E-state index >= 15 is 0 Å². The third-order valence-corrected chi connectivity index (χ3v) is 4.20. The molecule has 0 aliphatic carbocycles. The molecule has 0 radical (unpaired) electrons. The summed E-state index contributed by atoms with van der Waals surface area (Å²) < 4.78 is 1.90. The lowest BCUT2D eigenvalue weighted by Crippen LogP contribution is -2.29. The third kappa shape index (κ3) is 2.42. The molecule has 2 heterocycles. The first-order chi connectivity index (χ1) is 9.65. The van der Waals surface area contributed by atoms with E-state index < -0.39 is 0 Å². The van der Waals surface area contributed by atoms with Gasteiger partial charge in [0.2, 0.25) is 5.91 Å². The molecule has 3 rings (SSSR count). The molecule has 0 aliphatic heterocycles. The van der Waals surface area contributed by atoms with E-state index in [2.05, 4.69) is 4.98 Å². The number of hydrogen-bond acceptors (Lipinski definition) is 3. The second kappa shape index (κ2) is 5.26. The smallest absolute Gasteiger partial charge is 0.248 e. The zero-order chi connectivity index (χ0) is 14.1. The van der Waals surface area contributed by atoms with Crippen molar-refractivity contribution in [2.75, 3.05) is 11.9 Å². The number of carbonyl (C=O) groups excluding carboxylic acids is 1. The lowest BCUT2D eigenvalue weighted by atomic mass is 10.2. The molecule has 0 saturated heterocycles. The van der Waals surface area contributed by atoms with E-state index in [0.717, 1.165) is 10.9 Å². The van der Waals surface area contributed by atoms with Crippen molar-refractivity contribution >= 4 is 44.9 Å². The first kappa shape index (κ1) is 13.1. The SMILES string of the molecule is CN(C(=O)Cn1ccc2ccc(Cl)cc21)c1nccs1. The normalized spacial score (nSPS) is 10.9. The van der Waals surface area contributed by atoms with Crippen LogP contribution in [0.1, 0.15) is 0 Å². The van der Waals surface area contributed by atoms with Gasteiger partial charge in [-0.15, -0.1) is 11.3 Å². The number of halogens is 1. The Labute approximate surface area is 125 Å². The molecule has 6 heteroatoms. The topological polar surface area (TPSA) is 38.1 Å². The zero-order valence-electron chi connectivity index (χ0n) is 10.8. The highest BCUT2D eigenvalue weighted by Crippen LogP contribution is 2.21. The van der Waals surface area contributed by atoms with Crippen LogP contribution in [-0.4, -0.2) is 22.5 Å². The molecule has 1 amide bonds. The lowest BCUT2D eigenvalue weighted by molar-refractivity contribution is -0.118. The minimum atomic E-state index is -0.0163. The Balaban J connectivity index is 1.86. The van der Waals surface area contributed by atoms with Crippen molar-refractivity contribution in [3.63, 3.8) is 0 Å². The van der Waals surface area contributed by atoms with Crippen LogP contribution in [0.4, 0.5) is 5.13 Å². The summed E-state index contributed by atoms with van der Waals surface area (Å²) in [5, 5.41) is 4.28. The molecule has 0 N–H and O–H groups in total. The van der Waals surface area contributed by atoms with Gasteiger partial charge >= 0.3 is 0 Å². The Kier molecular flexibility index (Phi) is 3.46. The number of hydrogen-bond donors (Lipinski definition) is 0. The van der Waals surface area contributed by atoms with Gasteiger partial charge in [0, 0.05) is 35.4 Å². The maximum Gasteiger partial charge on any atom is 0.248 e. The number of thiazole rings is 1.